The fourth-order valence-corrected chi connectivity index (χ4v) is 3.94. The van der Waals surface area contributed by atoms with Gasteiger partial charge in [0, 0.05) is 10.2 Å². The van der Waals surface area contributed by atoms with Crippen LogP contribution in [0, 0.1) is 20.8 Å². The Morgan fingerprint density at radius 2 is 1.53 bits per heavy atom. The summed E-state index contributed by atoms with van der Waals surface area (Å²) in [6.45, 7) is 5.89. The SMILES string of the molecule is Cc1ccc(C2=C(Nc3cccc(Br)c3)C(=O)N(c3cccc(C)c3C)C2=O)cc1. The van der Waals surface area contributed by atoms with Gasteiger partial charge in [-0.05, 0) is 61.7 Å². The van der Waals surface area contributed by atoms with Crippen LogP contribution in [-0.2, 0) is 9.59 Å². The highest BCUT2D eigenvalue weighted by Gasteiger charge is 2.40. The molecular weight excluding hydrogens is 440 g/mol. The summed E-state index contributed by atoms with van der Waals surface area (Å²) in [6, 6.07) is 20.8. The Morgan fingerprint density at radius 1 is 0.833 bits per heavy atom. The lowest BCUT2D eigenvalue weighted by Gasteiger charge is -2.19. The molecule has 1 aliphatic heterocycles. The van der Waals surface area contributed by atoms with Gasteiger partial charge in [0.1, 0.15) is 5.70 Å². The van der Waals surface area contributed by atoms with Crippen molar-refractivity contribution in [3.63, 3.8) is 0 Å². The standard InChI is InChI=1S/C25H21BrN2O2/c1-15-10-12-18(13-11-15)22-23(27-20-8-5-7-19(26)14-20)25(30)28(24(22)29)21-9-4-6-16(2)17(21)3/h4-14,27H,1-3H3. The van der Waals surface area contributed by atoms with Crippen molar-refractivity contribution in [3.05, 3.63) is 99.2 Å². The summed E-state index contributed by atoms with van der Waals surface area (Å²) in [7, 11) is 0. The van der Waals surface area contributed by atoms with E-state index in [2.05, 4.69) is 21.2 Å². The Labute approximate surface area is 184 Å². The Morgan fingerprint density at radius 3 is 2.23 bits per heavy atom. The van der Waals surface area contributed by atoms with Crippen molar-refractivity contribution in [2.75, 3.05) is 10.2 Å². The zero-order valence-corrected chi connectivity index (χ0v) is 18.6. The van der Waals surface area contributed by atoms with Crippen LogP contribution in [0.2, 0.25) is 0 Å². The van der Waals surface area contributed by atoms with Gasteiger partial charge in [-0.3, -0.25) is 9.59 Å². The minimum Gasteiger partial charge on any atom is -0.350 e. The number of hydrogen-bond acceptors (Lipinski definition) is 3. The number of anilines is 2. The van der Waals surface area contributed by atoms with E-state index in [0.717, 1.165) is 26.9 Å². The molecule has 1 heterocycles. The van der Waals surface area contributed by atoms with Crippen LogP contribution in [-0.4, -0.2) is 11.8 Å². The maximum Gasteiger partial charge on any atom is 0.282 e. The summed E-state index contributed by atoms with van der Waals surface area (Å²) in [5, 5.41) is 3.20. The molecule has 0 atom stereocenters. The van der Waals surface area contributed by atoms with E-state index < -0.39 is 0 Å². The third kappa shape index (κ3) is 3.57. The van der Waals surface area contributed by atoms with E-state index in [-0.39, 0.29) is 17.5 Å². The van der Waals surface area contributed by atoms with E-state index in [4.69, 9.17) is 0 Å². The van der Waals surface area contributed by atoms with Crippen LogP contribution < -0.4 is 10.2 Å². The van der Waals surface area contributed by atoms with Crippen LogP contribution >= 0.6 is 15.9 Å². The van der Waals surface area contributed by atoms with Crippen LogP contribution in [0.15, 0.2) is 76.9 Å². The number of carbonyl (C=O) groups excluding carboxylic acids is 2. The number of rotatable bonds is 4. The van der Waals surface area contributed by atoms with Gasteiger partial charge in [-0.2, -0.15) is 0 Å². The second-order valence-electron chi connectivity index (χ2n) is 7.42. The van der Waals surface area contributed by atoms with Crippen molar-refractivity contribution in [3.8, 4) is 0 Å². The van der Waals surface area contributed by atoms with Crippen LogP contribution in [0.1, 0.15) is 22.3 Å². The number of aryl methyl sites for hydroxylation is 2. The molecular formula is C25H21BrN2O2. The molecule has 0 saturated heterocycles. The average molecular weight is 461 g/mol. The molecule has 0 unspecified atom stereocenters. The zero-order chi connectivity index (χ0) is 21.4. The summed E-state index contributed by atoms with van der Waals surface area (Å²) in [4.78, 5) is 28.3. The number of nitrogens with one attached hydrogen (secondary N) is 1. The number of nitrogens with zero attached hydrogens (tertiary/aromatic N) is 1. The van der Waals surface area contributed by atoms with Crippen LogP contribution in [0.3, 0.4) is 0 Å². The third-order valence-electron chi connectivity index (χ3n) is 5.34. The lowest BCUT2D eigenvalue weighted by molar-refractivity contribution is -0.120. The van der Waals surface area contributed by atoms with Gasteiger partial charge in [0.15, 0.2) is 0 Å². The highest BCUT2D eigenvalue weighted by atomic mass is 79.9. The number of benzene rings is 3. The Balaban J connectivity index is 1.86. The largest absolute Gasteiger partial charge is 0.350 e. The fraction of sp³-hybridized carbons (Fsp3) is 0.120. The molecule has 1 aliphatic rings. The van der Waals surface area contributed by atoms with Crippen molar-refractivity contribution in [1.82, 2.24) is 0 Å². The van der Waals surface area contributed by atoms with Crippen molar-refractivity contribution < 1.29 is 9.59 Å². The number of hydrogen-bond donors (Lipinski definition) is 1. The van der Waals surface area contributed by atoms with E-state index >= 15 is 0 Å². The van der Waals surface area contributed by atoms with Crippen molar-refractivity contribution in [2.24, 2.45) is 0 Å². The first-order valence-corrected chi connectivity index (χ1v) is 10.4. The molecule has 3 aromatic rings. The number of amides is 2. The molecule has 150 valence electrons. The van der Waals surface area contributed by atoms with Crippen molar-refractivity contribution in [1.29, 1.82) is 0 Å². The highest BCUT2D eigenvalue weighted by Crippen LogP contribution is 2.36. The minimum atomic E-state index is -0.357. The number of imide groups is 1. The van der Waals surface area contributed by atoms with Gasteiger partial charge in [0.2, 0.25) is 0 Å². The van der Waals surface area contributed by atoms with Crippen molar-refractivity contribution in [2.45, 2.75) is 20.8 Å². The summed E-state index contributed by atoms with van der Waals surface area (Å²) in [5.41, 5.74) is 5.73. The molecule has 3 aromatic carbocycles. The maximum atomic E-state index is 13.5. The quantitative estimate of drug-likeness (QED) is 0.502. The molecule has 0 bridgehead atoms. The third-order valence-corrected chi connectivity index (χ3v) is 5.83. The van der Waals surface area contributed by atoms with Gasteiger partial charge in [-0.15, -0.1) is 0 Å². The molecule has 5 heteroatoms. The summed E-state index contributed by atoms with van der Waals surface area (Å²) in [6.07, 6.45) is 0. The van der Waals surface area contributed by atoms with Gasteiger partial charge in [-0.1, -0.05) is 64.0 Å². The van der Waals surface area contributed by atoms with Crippen LogP contribution in [0.5, 0.6) is 0 Å². The van der Waals surface area contributed by atoms with Gasteiger partial charge in [0.05, 0.1) is 11.3 Å². The monoisotopic (exact) mass is 460 g/mol. The molecule has 0 saturated carbocycles. The Hall–Kier alpha value is -3.18. The molecule has 4 nitrogen and oxygen atoms in total. The second-order valence-corrected chi connectivity index (χ2v) is 8.33. The van der Waals surface area contributed by atoms with E-state index in [1.54, 1.807) is 0 Å². The smallest absolute Gasteiger partial charge is 0.282 e. The maximum absolute atomic E-state index is 13.5. The lowest BCUT2D eigenvalue weighted by atomic mass is 10.0. The topological polar surface area (TPSA) is 49.4 Å². The minimum absolute atomic E-state index is 0.280. The normalized spacial score (nSPS) is 13.9. The van der Waals surface area contributed by atoms with E-state index in [9.17, 15) is 9.59 Å². The molecule has 0 aromatic heterocycles. The fourth-order valence-electron chi connectivity index (χ4n) is 3.54. The van der Waals surface area contributed by atoms with E-state index in [1.165, 1.54) is 4.90 Å². The van der Waals surface area contributed by atoms with Gasteiger partial charge >= 0.3 is 0 Å². The first-order chi connectivity index (χ1) is 14.4. The van der Waals surface area contributed by atoms with E-state index in [1.807, 2.05) is 87.5 Å². The second kappa shape index (κ2) is 7.92. The van der Waals surface area contributed by atoms with Gasteiger partial charge in [-0.25, -0.2) is 4.90 Å². The predicted octanol–water partition coefficient (Wildman–Crippen LogP) is 5.77. The molecule has 2 amide bonds. The Bertz CT molecular complexity index is 1200. The van der Waals surface area contributed by atoms with Crippen LogP contribution in [0.25, 0.3) is 5.57 Å². The summed E-state index contributed by atoms with van der Waals surface area (Å²) >= 11 is 3.45. The summed E-state index contributed by atoms with van der Waals surface area (Å²) in [5.74, 6) is -0.681. The Kier molecular flexibility index (Phi) is 5.31. The van der Waals surface area contributed by atoms with Crippen molar-refractivity contribution >= 4 is 44.7 Å². The molecule has 0 aliphatic carbocycles. The number of halogens is 1. The first kappa shape index (κ1) is 20.1. The zero-order valence-electron chi connectivity index (χ0n) is 17.0. The summed E-state index contributed by atoms with van der Waals surface area (Å²) < 4.78 is 0.883. The molecule has 1 N–H and O–H groups in total. The average Bonchev–Trinajstić information content (AvgIpc) is 2.95. The molecule has 0 fully saturated rings. The predicted molar refractivity (Wildman–Crippen MR) is 124 cm³/mol. The first-order valence-electron chi connectivity index (χ1n) is 9.65. The van der Waals surface area contributed by atoms with Gasteiger partial charge in [0.25, 0.3) is 11.8 Å². The molecule has 4 rings (SSSR count). The lowest BCUT2D eigenvalue weighted by Crippen LogP contribution is -2.33. The van der Waals surface area contributed by atoms with E-state index in [0.29, 0.717) is 16.8 Å². The molecule has 30 heavy (non-hydrogen) atoms. The van der Waals surface area contributed by atoms with Gasteiger partial charge < -0.3 is 5.32 Å². The molecule has 0 radical (unpaired) electrons. The van der Waals surface area contributed by atoms with Crippen LogP contribution in [0.4, 0.5) is 11.4 Å². The molecule has 0 spiro atoms. The number of carbonyl (C=O) groups is 2. The highest BCUT2D eigenvalue weighted by molar-refractivity contribution is 9.10.